The van der Waals surface area contributed by atoms with E-state index in [-0.39, 0.29) is 37.0 Å². The Morgan fingerprint density at radius 2 is 1.14 bits per heavy atom. The van der Waals surface area contributed by atoms with E-state index in [0.29, 0.717) is 40.7 Å². The largest absolute Gasteiger partial charge is 0.481 e. The van der Waals surface area contributed by atoms with Crippen LogP contribution in [-0.2, 0) is 46.4 Å². The number of Topliss-reactive ketones (excluding diaryl/α,β-unsaturated/α-hetero) is 2. The van der Waals surface area contributed by atoms with Crippen molar-refractivity contribution in [3.05, 3.63) is 103 Å². The fraction of sp³-hybridized carbons (Fsp3) is 0.353. The maximum absolute atomic E-state index is 12.5. The van der Waals surface area contributed by atoms with Crippen molar-refractivity contribution in [2.75, 3.05) is 6.61 Å². The molecule has 0 aliphatic rings. The van der Waals surface area contributed by atoms with Gasteiger partial charge < -0.3 is 9.84 Å². The summed E-state index contributed by atoms with van der Waals surface area (Å²) in [6.45, 7) is 0.266. The van der Waals surface area contributed by atoms with E-state index < -0.39 is 5.97 Å². The number of ketones is 2. The number of carbonyl (C=O) groups is 4. The predicted molar refractivity (Wildman–Crippen MR) is 171 cm³/mol. The molecule has 0 unspecified atom stereocenters. The lowest BCUT2D eigenvalue weighted by Crippen LogP contribution is -2.11. The van der Waals surface area contributed by atoms with Gasteiger partial charge >= 0.3 is 11.9 Å². The Balaban J connectivity index is 1.07. The maximum Gasteiger partial charge on any atom is 0.311 e. The first-order chi connectivity index (χ1) is 21.4. The Morgan fingerprint density at radius 3 is 1.68 bits per heavy atom. The van der Waals surface area contributed by atoms with Gasteiger partial charge in [-0.15, -0.1) is 22.7 Å². The number of hydrogen-bond donors (Lipinski definition) is 1. The Hall–Kier alpha value is -4.02. The van der Waals surface area contributed by atoms with E-state index in [1.165, 1.54) is 33.8 Å². The van der Waals surface area contributed by atoms with Crippen LogP contribution in [0.1, 0.15) is 86.2 Å². The van der Waals surface area contributed by atoms with Crippen LogP contribution < -0.4 is 0 Å². The van der Waals surface area contributed by atoms with Crippen LogP contribution in [0.2, 0.25) is 0 Å². The second-order valence-corrected chi connectivity index (χ2v) is 12.3. The molecule has 8 nitrogen and oxygen atoms in total. The number of rotatable bonds is 19. The van der Waals surface area contributed by atoms with E-state index >= 15 is 0 Å². The second-order valence-electron chi connectivity index (χ2n) is 10.6. The molecule has 0 aliphatic carbocycles. The van der Waals surface area contributed by atoms with Gasteiger partial charge in [-0.25, -0.2) is 9.97 Å². The molecule has 2 aromatic carbocycles. The Labute approximate surface area is 265 Å². The number of carbonyl (C=O) groups excluding carboxylic acids is 3. The molecule has 0 atom stereocenters. The highest BCUT2D eigenvalue weighted by Gasteiger charge is 2.15. The van der Waals surface area contributed by atoms with Gasteiger partial charge in [-0.05, 0) is 55.2 Å². The summed E-state index contributed by atoms with van der Waals surface area (Å²) >= 11 is 2.48. The second kappa shape index (κ2) is 17.3. The number of aryl methyl sites for hydroxylation is 2. The van der Waals surface area contributed by atoms with Crippen LogP contribution in [0.3, 0.4) is 0 Å². The number of benzene rings is 2. The molecule has 4 rings (SSSR count). The maximum atomic E-state index is 12.5. The summed E-state index contributed by atoms with van der Waals surface area (Å²) in [7, 11) is 0. The van der Waals surface area contributed by atoms with Crippen LogP contribution in [0, 0.1) is 0 Å². The number of aliphatic carboxylic acids is 1. The van der Waals surface area contributed by atoms with Gasteiger partial charge in [0.2, 0.25) is 0 Å². The van der Waals surface area contributed by atoms with Crippen molar-refractivity contribution < 1.29 is 29.0 Å². The lowest BCUT2D eigenvalue weighted by atomic mass is 10.0. The van der Waals surface area contributed by atoms with Gasteiger partial charge in [-0.1, -0.05) is 54.6 Å². The van der Waals surface area contributed by atoms with Crippen LogP contribution in [0.15, 0.2) is 65.4 Å². The summed E-state index contributed by atoms with van der Waals surface area (Å²) in [4.78, 5) is 56.4. The van der Waals surface area contributed by atoms with Gasteiger partial charge in [0.25, 0.3) is 0 Å². The molecule has 0 saturated heterocycles. The van der Waals surface area contributed by atoms with Crippen LogP contribution in [0.5, 0.6) is 0 Å². The van der Waals surface area contributed by atoms with Crippen molar-refractivity contribution in [3.8, 4) is 0 Å². The summed E-state index contributed by atoms with van der Waals surface area (Å²) in [6, 6.07) is 18.4. The molecule has 0 saturated carbocycles. The molecule has 0 spiro atoms. The highest BCUT2D eigenvalue weighted by Crippen LogP contribution is 2.17. The van der Waals surface area contributed by atoms with E-state index in [0.717, 1.165) is 44.1 Å². The quantitative estimate of drug-likeness (QED) is 0.0684. The van der Waals surface area contributed by atoms with Crippen molar-refractivity contribution in [1.82, 2.24) is 9.97 Å². The average Bonchev–Trinajstić information content (AvgIpc) is 3.68. The van der Waals surface area contributed by atoms with Crippen molar-refractivity contribution in [2.45, 2.75) is 70.6 Å². The first-order valence-electron chi connectivity index (χ1n) is 14.8. The summed E-state index contributed by atoms with van der Waals surface area (Å²) in [5.41, 5.74) is 4.49. The molecule has 10 heteroatoms. The smallest absolute Gasteiger partial charge is 0.311 e. The lowest BCUT2D eigenvalue weighted by Gasteiger charge is -2.06. The normalized spacial score (nSPS) is 10.9. The minimum atomic E-state index is -0.960. The van der Waals surface area contributed by atoms with Crippen LogP contribution in [0.4, 0.5) is 0 Å². The van der Waals surface area contributed by atoms with Gasteiger partial charge in [0, 0.05) is 30.0 Å². The van der Waals surface area contributed by atoms with E-state index in [4.69, 9.17) is 9.84 Å². The number of nitrogens with zero attached hydrogens (tertiary/aromatic N) is 2. The summed E-state index contributed by atoms with van der Waals surface area (Å²) in [5.74, 6) is -1.36. The predicted octanol–water partition coefficient (Wildman–Crippen LogP) is 6.75. The van der Waals surface area contributed by atoms with E-state index in [9.17, 15) is 19.2 Å². The molecule has 0 bridgehead atoms. The SMILES string of the molecule is O=C(O)Cc1csc(C(=O)CCCCc2ccc(CCOC(=O)Cc3csc(C(=O)CCCCc4ccccc4)n3)cc2)n1. The fourth-order valence-electron chi connectivity index (χ4n) is 4.63. The zero-order valence-electron chi connectivity index (χ0n) is 24.5. The molecule has 0 amide bonds. The number of hydrogen-bond acceptors (Lipinski definition) is 9. The van der Waals surface area contributed by atoms with Gasteiger partial charge in [-0.2, -0.15) is 0 Å². The summed E-state index contributed by atoms with van der Waals surface area (Å²) < 4.78 is 5.41. The minimum Gasteiger partial charge on any atom is -0.481 e. The zero-order valence-corrected chi connectivity index (χ0v) is 26.2. The van der Waals surface area contributed by atoms with Crippen molar-refractivity contribution >= 4 is 46.2 Å². The highest BCUT2D eigenvalue weighted by molar-refractivity contribution is 7.12. The number of unbranched alkanes of at least 4 members (excludes halogenated alkanes) is 2. The average molecular weight is 633 g/mol. The highest BCUT2D eigenvalue weighted by atomic mass is 32.1. The number of thiazole rings is 2. The number of esters is 1. The zero-order chi connectivity index (χ0) is 31.1. The third-order valence-corrected chi connectivity index (χ3v) is 8.86. The molecule has 1 N–H and O–H groups in total. The summed E-state index contributed by atoms with van der Waals surface area (Å²) in [6.07, 6.45) is 6.44. The molecule has 0 radical (unpaired) electrons. The topological polar surface area (TPSA) is 124 Å². The number of carboxylic acids is 1. The van der Waals surface area contributed by atoms with Gasteiger partial charge in [-0.3, -0.25) is 19.2 Å². The monoisotopic (exact) mass is 632 g/mol. The molecule has 44 heavy (non-hydrogen) atoms. The van der Waals surface area contributed by atoms with Crippen LogP contribution in [-0.4, -0.2) is 45.2 Å². The van der Waals surface area contributed by atoms with E-state index in [1.54, 1.807) is 10.8 Å². The molecule has 4 aromatic rings. The molecule has 230 valence electrons. The number of carboxylic acid groups (broad SMARTS) is 1. The Bertz CT molecular complexity index is 1530. The fourth-order valence-corrected chi connectivity index (χ4v) is 6.20. The van der Waals surface area contributed by atoms with E-state index in [2.05, 4.69) is 22.1 Å². The van der Waals surface area contributed by atoms with Crippen LogP contribution >= 0.6 is 22.7 Å². The molecule has 2 aromatic heterocycles. The third-order valence-electron chi connectivity index (χ3n) is 7.00. The number of aromatic nitrogens is 2. The number of ether oxygens (including phenoxy) is 1. The minimum absolute atomic E-state index is 0.0170. The van der Waals surface area contributed by atoms with Crippen molar-refractivity contribution in [2.24, 2.45) is 0 Å². The molecule has 0 fully saturated rings. The van der Waals surface area contributed by atoms with Gasteiger partial charge in [0.1, 0.15) is 0 Å². The van der Waals surface area contributed by atoms with Crippen molar-refractivity contribution in [3.63, 3.8) is 0 Å². The Kier molecular flexibility index (Phi) is 12.9. The molecular formula is C34H36N2O6S2. The van der Waals surface area contributed by atoms with Gasteiger partial charge in [0.05, 0.1) is 30.8 Å². The standard InChI is InChI=1S/C34H36N2O6S2/c37-29(33-35-27(22-43-33)20-31(39)40)13-7-5-11-25-14-16-26(17-15-25)18-19-42-32(41)21-28-23-44-34(36-28)30(38)12-6-4-10-24-8-2-1-3-9-24/h1-3,8-9,14-17,22-23H,4-7,10-13,18-21H2,(H,39,40). The van der Waals surface area contributed by atoms with Crippen molar-refractivity contribution in [1.29, 1.82) is 0 Å². The summed E-state index contributed by atoms with van der Waals surface area (Å²) in [5, 5.41) is 13.0. The molecule has 0 aliphatic heterocycles. The van der Waals surface area contributed by atoms with Crippen LogP contribution in [0.25, 0.3) is 0 Å². The third kappa shape index (κ3) is 11.2. The Morgan fingerprint density at radius 1 is 0.636 bits per heavy atom. The first-order valence-corrected chi connectivity index (χ1v) is 16.6. The lowest BCUT2D eigenvalue weighted by molar-refractivity contribution is -0.142. The molecular weight excluding hydrogens is 597 g/mol. The van der Waals surface area contributed by atoms with Gasteiger partial charge in [0.15, 0.2) is 21.6 Å². The first kappa shape index (κ1) is 32.9. The molecule has 2 heterocycles. The van der Waals surface area contributed by atoms with E-state index in [1.807, 2.05) is 42.5 Å².